The van der Waals surface area contributed by atoms with Gasteiger partial charge in [-0.1, -0.05) is 78.9 Å². The molecule has 0 amide bonds. The van der Waals surface area contributed by atoms with E-state index in [1.807, 2.05) is 48.5 Å². The first kappa shape index (κ1) is 20.8. The Morgan fingerprint density at radius 2 is 1.18 bits per heavy atom. The van der Waals surface area contributed by atoms with Crippen molar-refractivity contribution in [1.82, 2.24) is 9.78 Å². The van der Waals surface area contributed by atoms with Gasteiger partial charge >= 0.3 is 0 Å². The lowest BCUT2D eigenvalue weighted by atomic mass is 10.1. The number of sulfone groups is 1. The molecule has 0 saturated heterocycles. The first-order chi connectivity index (χ1) is 16.0. The second-order valence-corrected chi connectivity index (χ2v) is 9.63. The van der Waals surface area contributed by atoms with Gasteiger partial charge in [-0.15, -0.1) is 0 Å². The highest BCUT2D eigenvalue weighted by atomic mass is 32.2. The molecule has 1 heterocycles. The molecule has 0 aliphatic rings. The lowest BCUT2D eigenvalue weighted by Gasteiger charge is -2.12. The van der Waals surface area contributed by atoms with E-state index in [4.69, 9.17) is 0 Å². The monoisotopic (exact) mass is 452 g/mol. The van der Waals surface area contributed by atoms with Crippen LogP contribution in [0.4, 0.5) is 0 Å². The molecular weight excluding hydrogens is 432 g/mol. The number of rotatable bonds is 5. The quantitative estimate of drug-likeness (QED) is 0.379. The van der Waals surface area contributed by atoms with Crippen LogP contribution >= 0.6 is 0 Å². The zero-order valence-electron chi connectivity index (χ0n) is 17.6. The molecule has 4 aromatic carbocycles. The zero-order chi connectivity index (χ0) is 22.8. The van der Waals surface area contributed by atoms with E-state index in [-0.39, 0.29) is 21.9 Å². The van der Waals surface area contributed by atoms with Crippen molar-refractivity contribution in [2.45, 2.75) is 16.3 Å². The Hall–Kier alpha value is -4.03. The molecule has 1 aromatic heterocycles. The minimum Gasteiger partial charge on any atom is -0.267 e. The van der Waals surface area contributed by atoms with Crippen LogP contribution in [0.2, 0.25) is 0 Å². The average Bonchev–Trinajstić information content (AvgIpc) is 2.87. The van der Waals surface area contributed by atoms with E-state index >= 15 is 0 Å². The van der Waals surface area contributed by atoms with Gasteiger partial charge in [0.05, 0.1) is 27.4 Å². The zero-order valence-corrected chi connectivity index (χ0v) is 18.4. The maximum Gasteiger partial charge on any atom is 0.274 e. The van der Waals surface area contributed by atoms with Crippen LogP contribution in [0.15, 0.2) is 124 Å². The van der Waals surface area contributed by atoms with Crippen molar-refractivity contribution in [3.8, 4) is 11.3 Å². The number of aromatic nitrogens is 2. The van der Waals surface area contributed by atoms with E-state index in [2.05, 4.69) is 5.10 Å². The highest BCUT2D eigenvalue weighted by molar-refractivity contribution is 7.91. The molecule has 0 radical (unpaired) electrons. The third kappa shape index (κ3) is 3.97. The van der Waals surface area contributed by atoms with Crippen LogP contribution in [-0.2, 0) is 16.4 Å². The molecule has 0 saturated carbocycles. The number of benzene rings is 4. The van der Waals surface area contributed by atoms with Gasteiger partial charge < -0.3 is 0 Å². The molecule has 0 N–H and O–H groups in total. The maximum atomic E-state index is 13.1. The van der Waals surface area contributed by atoms with E-state index in [0.29, 0.717) is 5.39 Å². The number of nitrogens with zero attached hydrogens (tertiary/aromatic N) is 2. The van der Waals surface area contributed by atoms with Gasteiger partial charge in [0.25, 0.3) is 5.56 Å². The smallest absolute Gasteiger partial charge is 0.267 e. The molecule has 162 valence electrons. The van der Waals surface area contributed by atoms with E-state index in [9.17, 15) is 13.2 Å². The lowest BCUT2D eigenvalue weighted by molar-refractivity contribution is 0.596. The molecular formula is C27H20N2O3S. The van der Waals surface area contributed by atoms with Crippen LogP contribution < -0.4 is 5.56 Å². The SMILES string of the molecule is O=c1c2ccccc2c(-c2ccccc2)nn1Cc1ccc(S(=O)(=O)c2ccccc2)cc1. The Morgan fingerprint density at radius 1 is 0.636 bits per heavy atom. The molecule has 33 heavy (non-hydrogen) atoms. The summed E-state index contributed by atoms with van der Waals surface area (Å²) in [4.78, 5) is 13.6. The van der Waals surface area contributed by atoms with Crippen LogP contribution in [0.25, 0.3) is 22.0 Å². The molecule has 5 rings (SSSR count). The molecule has 0 fully saturated rings. The van der Waals surface area contributed by atoms with Crippen molar-refractivity contribution in [3.05, 3.63) is 125 Å². The van der Waals surface area contributed by atoms with E-state index in [1.165, 1.54) is 4.68 Å². The fourth-order valence-corrected chi connectivity index (χ4v) is 5.12. The summed E-state index contributed by atoms with van der Waals surface area (Å²) in [6.45, 7) is 0.231. The van der Waals surface area contributed by atoms with Gasteiger partial charge in [-0.3, -0.25) is 4.79 Å². The molecule has 5 nitrogen and oxygen atoms in total. The Balaban J connectivity index is 1.54. The number of fused-ring (bicyclic) bond motifs is 1. The van der Waals surface area contributed by atoms with Crippen LogP contribution in [0, 0.1) is 0 Å². The normalized spacial score (nSPS) is 11.5. The molecule has 0 aliphatic heterocycles. The Bertz CT molecular complexity index is 1590. The van der Waals surface area contributed by atoms with Crippen molar-refractivity contribution in [1.29, 1.82) is 0 Å². The molecule has 0 spiro atoms. The summed E-state index contributed by atoms with van der Waals surface area (Å²) in [5, 5.41) is 6.06. The summed E-state index contributed by atoms with van der Waals surface area (Å²) in [6.07, 6.45) is 0. The number of hydrogen-bond donors (Lipinski definition) is 0. The van der Waals surface area contributed by atoms with Gasteiger partial charge in [0, 0.05) is 10.9 Å². The summed E-state index contributed by atoms with van der Waals surface area (Å²) in [5.41, 5.74) is 2.25. The van der Waals surface area contributed by atoms with E-state index < -0.39 is 9.84 Å². The topological polar surface area (TPSA) is 69.0 Å². The average molecular weight is 453 g/mol. The first-order valence-corrected chi connectivity index (χ1v) is 12.0. The Morgan fingerprint density at radius 3 is 1.85 bits per heavy atom. The molecule has 5 aromatic rings. The molecule has 0 unspecified atom stereocenters. The second-order valence-electron chi connectivity index (χ2n) is 7.68. The van der Waals surface area contributed by atoms with Gasteiger partial charge in [-0.2, -0.15) is 5.10 Å². The van der Waals surface area contributed by atoms with Gasteiger partial charge in [0.15, 0.2) is 0 Å². The minimum absolute atomic E-state index is 0.189. The fourth-order valence-electron chi connectivity index (χ4n) is 3.83. The summed E-state index contributed by atoms with van der Waals surface area (Å²) in [7, 11) is -3.59. The summed E-state index contributed by atoms with van der Waals surface area (Å²) >= 11 is 0. The molecule has 0 atom stereocenters. The van der Waals surface area contributed by atoms with Crippen LogP contribution in [0.3, 0.4) is 0 Å². The van der Waals surface area contributed by atoms with Gasteiger partial charge in [-0.25, -0.2) is 13.1 Å². The molecule has 0 bridgehead atoms. The van der Waals surface area contributed by atoms with Gasteiger partial charge in [-0.05, 0) is 35.9 Å². The predicted octanol–water partition coefficient (Wildman–Crippen LogP) is 4.94. The van der Waals surface area contributed by atoms with E-state index in [1.54, 1.807) is 60.7 Å². The van der Waals surface area contributed by atoms with E-state index in [0.717, 1.165) is 22.2 Å². The van der Waals surface area contributed by atoms with Crippen molar-refractivity contribution < 1.29 is 8.42 Å². The maximum absolute atomic E-state index is 13.1. The highest BCUT2D eigenvalue weighted by Crippen LogP contribution is 2.25. The lowest BCUT2D eigenvalue weighted by Crippen LogP contribution is -2.24. The summed E-state index contributed by atoms with van der Waals surface area (Å²) in [5.74, 6) is 0. The van der Waals surface area contributed by atoms with Crippen molar-refractivity contribution in [2.75, 3.05) is 0 Å². The van der Waals surface area contributed by atoms with Crippen molar-refractivity contribution >= 4 is 20.6 Å². The largest absolute Gasteiger partial charge is 0.274 e. The van der Waals surface area contributed by atoms with Crippen molar-refractivity contribution in [3.63, 3.8) is 0 Å². The molecule has 0 aliphatic carbocycles. The van der Waals surface area contributed by atoms with Crippen LogP contribution in [0.1, 0.15) is 5.56 Å². The molecule has 6 heteroatoms. The van der Waals surface area contributed by atoms with Crippen LogP contribution in [0.5, 0.6) is 0 Å². The van der Waals surface area contributed by atoms with Crippen LogP contribution in [-0.4, -0.2) is 18.2 Å². The standard InChI is InChI=1S/C27H20N2O3S/c30-27-25-14-8-7-13-24(25)26(21-9-3-1-4-10-21)28-29(27)19-20-15-17-23(18-16-20)33(31,32)22-11-5-2-6-12-22/h1-18H,19H2. The third-order valence-corrected chi connectivity index (χ3v) is 7.32. The van der Waals surface area contributed by atoms with Gasteiger partial charge in [0.2, 0.25) is 9.84 Å². The third-order valence-electron chi connectivity index (χ3n) is 5.53. The number of hydrogen-bond acceptors (Lipinski definition) is 4. The summed E-state index contributed by atoms with van der Waals surface area (Å²) < 4.78 is 27.1. The Kier molecular flexibility index (Phi) is 5.36. The van der Waals surface area contributed by atoms with Crippen molar-refractivity contribution in [2.24, 2.45) is 0 Å². The fraction of sp³-hybridized carbons (Fsp3) is 0.0370. The first-order valence-electron chi connectivity index (χ1n) is 10.5. The van der Waals surface area contributed by atoms with Gasteiger partial charge in [0.1, 0.15) is 0 Å². The minimum atomic E-state index is -3.59. The second kappa shape index (κ2) is 8.48. The highest BCUT2D eigenvalue weighted by Gasteiger charge is 2.17. The Labute approximate surface area is 191 Å². The summed E-state index contributed by atoms with van der Waals surface area (Å²) in [6, 6.07) is 32.1. The predicted molar refractivity (Wildman–Crippen MR) is 129 cm³/mol.